The van der Waals surface area contributed by atoms with Crippen LogP contribution in [-0.4, -0.2) is 16.7 Å². The number of aryl methyl sites for hydroxylation is 1. The van der Waals surface area contributed by atoms with Crippen molar-refractivity contribution in [2.45, 2.75) is 56.2 Å². The van der Waals surface area contributed by atoms with Crippen molar-refractivity contribution < 1.29 is 4.39 Å². The molecule has 3 atom stereocenters. The Morgan fingerprint density at radius 2 is 2.29 bits per heavy atom. The maximum atomic E-state index is 15.0. The molecule has 0 amide bonds. The molecule has 17 heavy (non-hydrogen) atoms. The third kappa shape index (κ3) is 1.86. The van der Waals surface area contributed by atoms with E-state index in [2.05, 4.69) is 11.1 Å². The van der Waals surface area contributed by atoms with Crippen LogP contribution in [0.5, 0.6) is 0 Å². The second-order valence-electron chi connectivity index (χ2n) is 5.53. The lowest BCUT2D eigenvalue weighted by Crippen LogP contribution is -2.33. The van der Waals surface area contributed by atoms with Gasteiger partial charge in [0, 0.05) is 23.9 Å². The van der Waals surface area contributed by atoms with Crippen LogP contribution in [0, 0.1) is 0 Å². The number of rotatable bonds is 1. The van der Waals surface area contributed by atoms with Crippen molar-refractivity contribution >= 4 is 0 Å². The van der Waals surface area contributed by atoms with E-state index < -0.39 is 5.67 Å². The van der Waals surface area contributed by atoms with Crippen molar-refractivity contribution in [2.75, 3.05) is 0 Å². The molecule has 1 aromatic heterocycles. The molecule has 1 fully saturated rings. The minimum atomic E-state index is -1.11. The molecule has 2 aliphatic rings. The number of fused-ring (bicyclic) bond motifs is 1. The van der Waals surface area contributed by atoms with Gasteiger partial charge in [-0.15, -0.1) is 0 Å². The molecule has 1 saturated carbocycles. The summed E-state index contributed by atoms with van der Waals surface area (Å²) in [6.45, 7) is 0. The Morgan fingerprint density at radius 1 is 1.41 bits per heavy atom. The summed E-state index contributed by atoms with van der Waals surface area (Å²) in [4.78, 5) is 4.43. The summed E-state index contributed by atoms with van der Waals surface area (Å²) in [6.07, 6.45) is 6.76. The molecule has 3 unspecified atom stereocenters. The van der Waals surface area contributed by atoms with Gasteiger partial charge in [0.25, 0.3) is 0 Å². The topological polar surface area (TPSA) is 38.9 Å². The first kappa shape index (κ1) is 11.1. The molecule has 0 aromatic carbocycles. The summed E-state index contributed by atoms with van der Waals surface area (Å²) in [5.74, 6) is -0.0269. The van der Waals surface area contributed by atoms with E-state index in [1.165, 1.54) is 5.56 Å². The van der Waals surface area contributed by atoms with Gasteiger partial charge in [0.15, 0.2) is 0 Å². The highest BCUT2D eigenvalue weighted by Crippen LogP contribution is 2.48. The van der Waals surface area contributed by atoms with Crippen molar-refractivity contribution in [3.05, 3.63) is 29.6 Å². The normalized spacial score (nSPS) is 36.8. The Hall–Kier alpha value is -0.960. The average molecular weight is 234 g/mol. The van der Waals surface area contributed by atoms with Crippen LogP contribution in [0.4, 0.5) is 4.39 Å². The molecule has 2 nitrogen and oxygen atoms in total. The summed E-state index contributed by atoms with van der Waals surface area (Å²) in [7, 11) is 0. The largest absolute Gasteiger partial charge is 0.328 e. The number of halogens is 1. The molecule has 2 N–H and O–H groups in total. The molecular formula is C14H19FN2. The van der Waals surface area contributed by atoms with Gasteiger partial charge in [0.2, 0.25) is 0 Å². The fourth-order valence-electron chi connectivity index (χ4n) is 3.49. The number of nitrogens with zero attached hydrogens (tertiary/aromatic N) is 1. The van der Waals surface area contributed by atoms with Crippen LogP contribution >= 0.6 is 0 Å². The number of aromatic nitrogens is 1. The third-order valence-corrected chi connectivity index (χ3v) is 4.35. The molecule has 1 aromatic rings. The zero-order valence-electron chi connectivity index (χ0n) is 10.0. The molecule has 1 heterocycles. The quantitative estimate of drug-likeness (QED) is 0.811. The summed E-state index contributed by atoms with van der Waals surface area (Å²) < 4.78 is 15.0. The fourth-order valence-corrected chi connectivity index (χ4v) is 3.49. The monoisotopic (exact) mass is 234 g/mol. The van der Waals surface area contributed by atoms with Gasteiger partial charge in [-0.2, -0.15) is 0 Å². The van der Waals surface area contributed by atoms with Gasteiger partial charge in [-0.25, -0.2) is 4.39 Å². The molecule has 3 heteroatoms. The van der Waals surface area contributed by atoms with E-state index in [0.29, 0.717) is 12.8 Å². The number of nitrogens with two attached hydrogens (primary N) is 1. The van der Waals surface area contributed by atoms with E-state index >= 15 is 4.39 Å². The molecule has 92 valence electrons. The lowest BCUT2D eigenvalue weighted by molar-refractivity contribution is 0.116. The molecule has 3 rings (SSSR count). The van der Waals surface area contributed by atoms with Crippen molar-refractivity contribution in [2.24, 2.45) is 5.73 Å². The van der Waals surface area contributed by atoms with Gasteiger partial charge >= 0.3 is 0 Å². The summed E-state index contributed by atoms with van der Waals surface area (Å²) in [6, 6.07) is 4.08. The Balaban J connectivity index is 1.95. The Kier molecular flexibility index (Phi) is 2.66. The first-order valence-corrected chi connectivity index (χ1v) is 6.57. The zero-order chi connectivity index (χ0) is 11.9. The number of alkyl halides is 1. The second kappa shape index (κ2) is 4.05. The van der Waals surface area contributed by atoms with Crippen molar-refractivity contribution in [1.29, 1.82) is 0 Å². The van der Waals surface area contributed by atoms with E-state index in [1.807, 2.05) is 6.07 Å². The Labute approximate surface area is 101 Å². The van der Waals surface area contributed by atoms with Gasteiger partial charge in [-0.05, 0) is 50.2 Å². The maximum Gasteiger partial charge on any atom is 0.120 e. The Morgan fingerprint density at radius 3 is 3.06 bits per heavy atom. The lowest BCUT2D eigenvalue weighted by Gasteiger charge is -2.34. The van der Waals surface area contributed by atoms with Crippen molar-refractivity contribution in [3.63, 3.8) is 0 Å². The van der Waals surface area contributed by atoms with E-state index in [-0.39, 0.29) is 12.0 Å². The Bertz CT molecular complexity index is 420. The van der Waals surface area contributed by atoms with Gasteiger partial charge in [-0.3, -0.25) is 4.98 Å². The van der Waals surface area contributed by atoms with E-state index in [4.69, 9.17) is 5.73 Å². The summed E-state index contributed by atoms with van der Waals surface area (Å²) >= 11 is 0. The SMILES string of the molecule is NC1CCC(F)(C2CCCc3cccnc32)C1. The highest BCUT2D eigenvalue weighted by Gasteiger charge is 2.47. The van der Waals surface area contributed by atoms with E-state index in [9.17, 15) is 0 Å². The van der Waals surface area contributed by atoms with Crippen LogP contribution in [0.2, 0.25) is 0 Å². The number of pyridine rings is 1. The highest BCUT2D eigenvalue weighted by molar-refractivity contribution is 5.29. The zero-order valence-corrected chi connectivity index (χ0v) is 10.0. The molecule has 0 saturated heterocycles. The smallest absolute Gasteiger partial charge is 0.120 e. The molecule has 0 spiro atoms. The van der Waals surface area contributed by atoms with Crippen LogP contribution < -0.4 is 5.73 Å². The second-order valence-corrected chi connectivity index (χ2v) is 5.53. The van der Waals surface area contributed by atoms with Gasteiger partial charge < -0.3 is 5.73 Å². The van der Waals surface area contributed by atoms with Crippen LogP contribution in [-0.2, 0) is 6.42 Å². The molecule has 2 aliphatic carbocycles. The van der Waals surface area contributed by atoms with Gasteiger partial charge in [0.1, 0.15) is 5.67 Å². The van der Waals surface area contributed by atoms with Gasteiger partial charge in [0.05, 0.1) is 0 Å². The predicted molar refractivity (Wildman–Crippen MR) is 65.6 cm³/mol. The number of hydrogen-bond acceptors (Lipinski definition) is 2. The highest BCUT2D eigenvalue weighted by atomic mass is 19.1. The molecular weight excluding hydrogens is 215 g/mol. The standard InChI is InChI=1S/C14H19FN2/c15-14(7-6-11(16)9-14)12-5-1-3-10-4-2-8-17-13(10)12/h2,4,8,11-12H,1,3,5-7,9,16H2. The van der Waals surface area contributed by atoms with Crippen molar-refractivity contribution in [1.82, 2.24) is 4.98 Å². The fraction of sp³-hybridized carbons (Fsp3) is 0.643. The summed E-state index contributed by atoms with van der Waals surface area (Å²) in [5, 5.41) is 0. The third-order valence-electron chi connectivity index (χ3n) is 4.35. The van der Waals surface area contributed by atoms with Gasteiger partial charge in [-0.1, -0.05) is 6.07 Å². The van der Waals surface area contributed by atoms with Crippen LogP contribution in [0.3, 0.4) is 0 Å². The van der Waals surface area contributed by atoms with Crippen LogP contribution in [0.1, 0.15) is 49.3 Å². The van der Waals surface area contributed by atoms with E-state index in [1.54, 1.807) is 6.20 Å². The number of hydrogen-bond donors (Lipinski definition) is 1. The average Bonchev–Trinajstić information content (AvgIpc) is 2.70. The van der Waals surface area contributed by atoms with Crippen molar-refractivity contribution in [3.8, 4) is 0 Å². The molecule has 0 bridgehead atoms. The predicted octanol–water partition coefficient (Wildman–Crippen LogP) is 2.72. The van der Waals surface area contributed by atoms with E-state index in [0.717, 1.165) is 31.4 Å². The first-order chi connectivity index (χ1) is 8.19. The minimum absolute atomic E-state index is 0.0269. The summed E-state index contributed by atoms with van der Waals surface area (Å²) in [5.41, 5.74) is 7.00. The molecule has 0 radical (unpaired) electrons. The lowest BCUT2D eigenvalue weighted by atomic mass is 9.76. The van der Waals surface area contributed by atoms with Crippen LogP contribution in [0.15, 0.2) is 18.3 Å². The first-order valence-electron chi connectivity index (χ1n) is 6.57. The molecule has 0 aliphatic heterocycles. The van der Waals surface area contributed by atoms with Crippen LogP contribution in [0.25, 0.3) is 0 Å². The minimum Gasteiger partial charge on any atom is -0.328 e. The maximum absolute atomic E-state index is 15.0.